The van der Waals surface area contributed by atoms with Crippen LogP contribution in [0.2, 0.25) is 0 Å². The highest BCUT2D eigenvalue weighted by atomic mass is 19.1. The smallest absolute Gasteiger partial charge is 0.219 e. The van der Waals surface area contributed by atoms with Gasteiger partial charge in [0.05, 0.1) is 17.8 Å². The third-order valence-corrected chi connectivity index (χ3v) is 7.07. The molecule has 1 unspecified atom stereocenters. The number of benzene rings is 2. The van der Waals surface area contributed by atoms with E-state index < -0.39 is 11.2 Å². The number of hydrogen-bond donors (Lipinski definition) is 2. The Bertz CT molecular complexity index is 1010. The number of carbonyl (C=O) groups is 1. The highest BCUT2D eigenvalue weighted by molar-refractivity contribution is 5.73. The molecule has 0 spiro atoms. The molecule has 0 aliphatic carbocycles. The van der Waals surface area contributed by atoms with Crippen molar-refractivity contribution in [1.29, 1.82) is 0 Å². The van der Waals surface area contributed by atoms with Gasteiger partial charge in [-0.3, -0.25) is 9.69 Å². The third kappa shape index (κ3) is 6.51. The molecule has 2 aromatic rings. The fourth-order valence-electron chi connectivity index (χ4n) is 5.04. The quantitative estimate of drug-likeness (QED) is 0.655. The van der Waals surface area contributed by atoms with Crippen molar-refractivity contribution in [3.63, 3.8) is 0 Å². The van der Waals surface area contributed by atoms with Crippen LogP contribution in [0.3, 0.4) is 0 Å². The summed E-state index contributed by atoms with van der Waals surface area (Å²) < 4.78 is 20.1. The second kappa shape index (κ2) is 10.5. The van der Waals surface area contributed by atoms with Crippen LogP contribution in [0.15, 0.2) is 48.5 Å². The summed E-state index contributed by atoms with van der Waals surface area (Å²) in [6.07, 6.45) is 0.985. The van der Waals surface area contributed by atoms with Crippen LogP contribution in [0, 0.1) is 12.7 Å². The first-order valence-corrected chi connectivity index (χ1v) is 12.3. The summed E-state index contributed by atoms with van der Waals surface area (Å²) in [6.45, 7) is 6.47. The van der Waals surface area contributed by atoms with Crippen molar-refractivity contribution in [2.24, 2.45) is 0 Å². The van der Waals surface area contributed by atoms with Crippen molar-refractivity contribution in [2.75, 3.05) is 57.3 Å². The lowest BCUT2D eigenvalue weighted by atomic mass is 9.90. The minimum atomic E-state index is -1.28. The van der Waals surface area contributed by atoms with Gasteiger partial charge in [-0.15, -0.1) is 0 Å². The minimum absolute atomic E-state index is 0.0375. The van der Waals surface area contributed by atoms with E-state index in [0.29, 0.717) is 57.0 Å². The van der Waals surface area contributed by atoms with Gasteiger partial charge in [0.25, 0.3) is 0 Å². The van der Waals surface area contributed by atoms with E-state index in [-0.39, 0.29) is 31.4 Å². The van der Waals surface area contributed by atoms with Crippen molar-refractivity contribution in [3.05, 3.63) is 59.9 Å². The highest BCUT2D eigenvalue weighted by Crippen LogP contribution is 2.29. The molecule has 2 aliphatic rings. The van der Waals surface area contributed by atoms with E-state index in [1.807, 2.05) is 47.1 Å². The summed E-state index contributed by atoms with van der Waals surface area (Å²) in [5, 5.41) is 22.9. The molecule has 2 fully saturated rings. The standard InChI is InChI=1S/C27H36FN3O4/c1-21-7-9-23(10-8-21)35-20-27(34)18-29(15-16-31(19-27)22(2)32)17-26(33)11-13-30(14-12-26)25-6-4-3-5-24(25)28/h3-10,33-34H,11-20H2,1-2H3. The lowest BCUT2D eigenvalue weighted by Crippen LogP contribution is -2.56. The van der Waals surface area contributed by atoms with Crippen molar-refractivity contribution >= 4 is 11.6 Å². The second-order valence-electron chi connectivity index (χ2n) is 10.1. The molecule has 8 heteroatoms. The molecular formula is C27H36FN3O4. The highest BCUT2D eigenvalue weighted by Gasteiger charge is 2.41. The van der Waals surface area contributed by atoms with Crippen molar-refractivity contribution in [1.82, 2.24) is 9.80 Å². The lowest BCUT2D eigenvalue weighted by Gasteiger charge is -2.42. The number of aliphatic hydroxyl groups is 2. The summed E-state index contributed by atoms with van der Waals surface area (Å²) in [7, 11) is 0. The first-order chi connectivity index (χ1) is 16.6. The predicted octanol–water partition coefficient (Wildman–Crippen LogP) is 2.44. The first kappa shape index (κ1) is 25.4. The fraction of sp³-hybridized carbons (Fsp3) is 0.519. The maximum absolute atomic E-state index is 14.2. The molecule has 2 N–H and O–H groups in total. The third-order valence-electron chi connectivity index (χ3n) is 7.07. The van der Waals surface area contributed by atoms with Gasteiger partial charge in [0.1, 0.15) is 23.8 Å². The van der Waals surface area contributed by atoms with Crippen LogP contribution < -0.4 is 9.64 Å². The number of para-hydroxylation sites is 1. The molecule has 2 aromatic carbocycles. The van der Waals surface area contributed by atoms with Crippen LogP contribution in [0.1, 0.15) is 25.3 Å². The molecule has 1 amide bonds. The van der Waals surface area contributed by atoms with E-state index >= 15 is 0 Å². The second-order valence-corrected chi connectivity index (χ2v) is 10.1. The van der Waals surface area contributed by atoms with Crippen molar-refractivity contribution in [2.45, 2.75) is 37.9 Å². The molecule has 2 heterocycles. The number of hydrogen-bond acceptors (Lipinski definition) is 6. The number of amides is 1. The molecule has 2 aliphatic heterocycles. The van der Waals surface area contributed by atoms with Crippen LogP contribution in [0.4, 0.5) is 10.1 Å². The average Bonchev–Trinajstić information content (AvgIpc) is 2.98. The molecule has 0 radical (unpaired) electrons. The molecule has 35 heavy (non-hydrogen) atoms. The van der Waals surface area contributed by atoms with Crippen molar-refractivity contribution < 1.29 is 24.1 Å². The molecule has 1 atom stereocenters. The number of piperidine rings is 1. The van der Waals surface area contributed by atoms with Crippen LogP contribution in [0.5, 0.6) is 5.75 Å². The summed E-state index contributed by atoms with van der Waals surface area (Å²) in [4.78, 5) is 17.8. The Morgan fingerprint density at radius 2 is 1.66 bits per heavy atom. The number of halogens is 1. The Morgan fingerprint density at radius 3 is 2.31 bits per heavy atom. The largest absolute Gasteiger partial charge is 0.490 e. The van der Waals surface area contributed by atoms with Gasteiger partial charge in [-0.05, 0) is 44.0 Å². The molecule has 0 saturated carbocycles. The molecular weight excluding hydrogens is 449 g/mol. The summed E-state index contributed by atoms with van der Waals surface area (Å²) in [6, 6.07) is 14.3. The Morgan fingerprint density at radius 1 is 0.971 bits per heavy atom. The number of carbonyl (C=O) groups excluding carboxylic acids is 1. The lowest BCUT2D eigenvalue weighted by molar-refractivity contribution is -0.132. The number of aryl methyl sites for hydroxylation is 1. The van der Waals surface area contributed by atoms with Gasteiger partial charge in [-0.25, -0.2) is 4.39 Å². The van der Waals surface area contributed by atoms with Gasteiger partial charge in [0.15, 0.2) is 0 Å². The Hall–Kier alpha value is -2.68. The average molecular weight is 486 g/mol. The number of anilines is 1. The fourth-order valence-corrected chi connectivity index (χ4v) is 5.04. The Balaban J connectivity index is 1.41. The predicted molar refractivity (Wildman–Crippen MR) is 133 cm³/mol. The van der Waals surface area contributed by atoms with Gasteiger partial charge in [0, 0.05) is 46.2 Å². The molecule has 0 bridgehead atoms. The van der Waals surface area contributed by atoms with Crippen molar-refractivity contribution in [3.8, 4) is 5.75 Å². The first-order valence-electron chi connectivity index (χ1n) is 12.3. The summed E-state index contributed by atoms with van der Waals surface area (Å²) in [5.41, 5.74) is -0.554. The van der Waals surface area contributed by atoms with E-state index in [1.165, 1.54) is 13.0 Å². The van der Waals surface area contributed by atoms with Crippen LogP contribution in [0.25, 0.3) is 0 Å². The zero-order chi connectivity index (χ0) is 25.1. The summed E-state index contributed by atoms with van der Waals surface area (Å²) in [5.74, 6) is 0.305. The Labute approximate surface area is 206 Å². The molecule has 7 nitrogen and oxygen atoms in total. The number of rotatable bonds is 6. The number of nitrogens with zero attached hydrogens (tertiary/aromatic N) is 3. The molecule has 0 aromatic heterocycles. The number of β-amino-alcohol motifs (C(OH)–C–C–N with tert-alkyl or cyclic N) is 2. The van der Waals surface area contributed by atoms with E-state index in [0.717, 1.165) is 5.56 Å². The van der Waals surface area contributed by atoms with Crippen LogP contribution in [-0.2, 0) is 4.79 Å². The van der Waals surface area contributed by atoms with Gasteiger partial charge >= 0.3 is 0 Å². The van der Waals surface area contributed by atoms with Crippen LogP contribution >= 0.6 is 0 Å². The summed E-state index contributed by atoms with van der Waals surface area (Å²) >= 11 is 0. The zero-order valence-electron chi connectivity index (χ0n) is 20.6. The number of ether oxygens (including phenoxy) is 1. The normalized spacial score (nSPS) is 23.1. The maximum Gasteiger partial charge on any atom is 0.219 e. The molecule has 2 saturated heterocycles. The SMILES string of the molecule is CC(=O)N1CCN(CC2(O)CCN(c3ccccc3F)CC2)CC(O)(COc2ccc(C)cc2)C1. The van der Waals surface area contributed by atoms with Gasteiger partial charge in [-0.1, -0.05) is 29.8 Å². The Kier molecular flexibility index (Phi) is 7.64. The topological polar surface area (TPSA) is 76.5 Å². The van der Waals surface area contributed by atoms with Gasteiger partial charge in [0.2, 0.25) is 5.91 Å². The van der Waals surface area contributed by atoms with E-state index in [2.05, 4.69) is 0 Å². The van der Waals surface area contributed by atoms with E-state index in [9.17, 15) is 19.4 Å². The monoisotopic (exact) mass is 485 g/mol. The van der Waals surface area contributed by atoms with Crippen LogP contribution in [-0.4, -0.2) is 89.5 Å². The zero-order valence-corrected chi connectivity index (χ0v) is 20.6. The van der Waals surface area contributed by atoms with Gasteiger partial charge in [-0.2, -0.15) is 0 Å². The molecule has 4 rings (SSSR count). The van der Waals surface area contributed by atoms with E-state index in [4.69, 9.17) is 4.74 Å². The molecule has 190 valence electrons. The maximum atomic E-state index is 14.2. The van der Waals surface area contributed by atoms with E-state index in [1.54, 1.807) is 17.0 Å². The minimum Gasteiger partial charge on any atom is -0.490 e. The van der Waals surface area contributed by atoms with Gasteiger partial charge < -0.3 is 24.7 Å².